The van der Waals surface area contributed by atoms with E-state index in [2.05, 4.69) is 45.9 Å². The van der Waals surface area contributed by atoms with Crippen molar-refractivity contribution < 1.29 is 14.0 Å². The predicted octanol–water partition coefficient (Wildman–Crippen LogP) is 3.42. The second kappa shape index (κ2) is 9.85. The van der Waals surface area contributed by atoms with Crippen molar-refractivity contribution in [3.05, 3.63) is 93.4 Å². The first-order valence-corrected chi connectivity index (χ1v) is 11.1. The molecule has 0 saturated heterocycles. The fourth-order valence-corrected chi connectivity index (χ4v) is 4.67. The molecule has 1 unspecified atom stereocenters. The van der Waals surface area contributed by atoms with Crippen LogP contribution in [0, 0.1) is 5.82 Å². The van der Waals surface area contributed by atoms with Gasteiger partial charge in [-0.25, -0.2) is 4.39 Å². The van der Waals surface area contributed by atoms with Crippen molar-refractivity contribution in [1.29, 1.82) is 0 Å². The highest BCUT2D eigenvalue weighted by atomic mass is 32.1. The van der Waals surface area contributed by atoms with E-state index in [1.165, 1.54) is 23.3 Å². The normalized spacial score (nSPS) is 14.5. The monoisotopic (exact) mass is 437 g/mol. The highest BCUT2D eigenvalue weighted by Crippen LogP contribution is 2.29. The number of amides is 2. The van der Waals surface area contributed by atoms with Gasteiger partial charge in [0.25, 0.3) is 0 Å². The van der Waals surface area contributed by atoms with Gasteiger partial charge in [0.2, 0.25) is 0 Å². The number of halogens is 1. The third-order valence-corrected chi connectivity index (χ3v) is 6.47. The third kappa shape index (κ3) is 5.37. The van der Waals surface area contributed by atoms with Crippen molar-refractivity contribution in [2.75, 3.05) is 13.1 Å². The Kier molecular flexibility index (Phi) is 6.74. The molecule has 4 rings (SSSR count). The van der Waals surface area contributed by atoms with E-state index in [0.717, 1.165) is 30.0 Å². The van der Waals surface area contributed by atoms with Gasteiger partial charge in [-0.1, -0.05) is 42.5 Å². The molecule has 1 aliphatic heterocycles. The molecule has 7 heteroatoms. The van der Waals surface area contributed by atoms with Crippen LogP contribution in [0.4, 0.5) is 4.39 Å². The van der Waals surface area contributed by atoms with Crippen molar-refractivity contribution in [2.24, 2.45) is 0 Å². The summed E-state index contributed by atoms with van der Waals surface area (Å²) in [7, 11) is 0. The molecule has 2 heterocycles. The minimum absolute atomic E-state index is 0.00204. The average Bonchev–Trinajstić information content (AvgIpc) is 3.33. The molecule has 0 aliphatic carbocycles. The van der Waals surface area contributed by atoms with Crippen molar-refractivity contribution in [3.63, 3.8) is 0 Å². The van der Waals surface area contributed by atoms with Crippen LogP contribution in [0.5, 0.6) is 0 Å². The van der Waals surface area contributed by atoms with Crippen LogP contribution in [-0.4, -0.2) is 29.8 Å². The molecule has 5 nitrogen and oxygen atoms in total. The van der Waals surface area contributed by atoms with E-state index < -0.39 is 11.8 Å². The van der Waals surface area contributed by atoms with Gasteiger partial charge in [0.05, 0.1) is 6.04 Å². The summed E-state index contributed by atoms with van der Waals surface area (Å²) in [5.74, 6) is -1.70. The Bertz CT molecular complexity index is 1040. The molecule has 0 bridgehead atoms. The maximum Gasteiger partial charge on any atom is 0.309 e. The van der Waals surface area contributed by atoms with Gasteiger partial charge in [-0.3, -0.25) is 14.5 Å². The van der Waals surface area contributed by atoms with Gasteiger partial charge in [0.15, 0.2) is 0 Å². The number of hydrogen-bond acceptors (Lipinski definition) is 4. The Hall–Kier alpha value is -3.03. The van der Waals surface area contributed by atoms with E-state index in [9.17, 15) is 14.0 Å². The third-order valence-electron chi connectivity index (χ3n) is 5.50. The molecule has 1 atom stereocenters. The Morgan fingerprint density at radius 2 is 1.71 bits per heavy atom. The maximum atomic E-state index is 13.0. The number of nitrogens with zero attached hydrogens (tertiary/aromatic N) is 1. The Morgan fingerprint density at radius 1 is 0.968 bits per heavy atom. The number of thiophene rings is 1. The predicted molar refractivity (Wildman–Crippen MR) is 119 cm³/mol. The van der Waals surface area contributed by atoms with Crippen LogP contribution < -0.4 is 10.6 Å². The summed E-state index contributed by atoms with van der Waals surface area (Å²) in [6, 6.07) is 18.3. The highest BCUT2D eigenvalue weighted by molar-refractivity contribution is 7.10. The standard InChI is InChI=1S/C24H24FN3O2S/c25-20-9-7-17(8-10-20)14-26-23(29)24(30)27-15-21(22-6-3-13-31-22)28-12-11-18-4-1-2-5-19(18)16-28/h1-10,13,21H,11-12,14-16H2,(H,26,29)(H,27,30). The van der Waals surface area contributed by atoms with Gasteiger partial charge in [-0.05, 0) is 46.7 Å². The van der Waals surface area contributed by atoms with Crippen LogP contribution in [0.25, 0.3) is 0 Å². The lowest BCUT2D eigenvalue weighted by Gasteiger charge is -2.35. The summed E-state index contributed by atoms with van der Waals surface area (Å²) >= 11 is 1.65. The second-order valence-corrected chi connectivity index (χ2v) is 8.52. The second-order valence-electron chi connectivity index (χ2n) is 7.54. The molecule has 1 aromatic heterocycles. The smallest absolute Gasteiger partial charge is 0.309 e. The zero-order chi connectivity index (χ0) is 21.6. The number of carbonyl (C=O) groups is 2. The van der Waals surface area contributed by atoms with Crippen LogP contribution in [-0.2, 0) is 29.1 Å². The largest absolute Gasteiger partial charge is 0.346 e. The van der Waals surface area contributed by atoms with Gasteiger partial charge in [0.1, 0.15) is 5.82 Å². The van der Waals surface area contributed by atoms with E-state index >= 15 is 0 Å². The topological polar surface area (TPSA) is 61.4 Å². The molecule has 2 aromatic carbocycles. The molecule has 1 aliphatic rings. The van der Waals surface area contributed by atoms with Crippen LogP contribution in [0.1, 0.15) is 27.6 Å². The summed E-state index contributed by atoms with van der Waals surface area (Å²) in [6.07, 6.45) is 0.962. The first-order valence-electron chi connectivity index (χ1n) is 10.2. The van der Waals surface area contributed by atoms with E-state index in [-0.39, 0.29) is 18.4 Å². The Labute approximate surface area is 184 Å². The fourth-order valence-electron chi connectivity index (χ4n) is 3.81. The first-order chi connectivity index (χ1) is 15.1. The van der Waals surface area contributed by atoms with Crippen LogP contribution in [0.3, 0.4) is 0 Å². The quantitative estimate of drug-likeness (QED) is 0.581. The van der Waals surface area contributed by atoms with Gasteiger partial charge < -0.3 is 10.6 Å². The summed E-state index contributed by atoms with van der Waals surface area (Å²) < 4.78 is 13.0. The summed E-state index contributed by atoms with van der Waals surface area (Å²) in [5, 5.41) is 7.40. The molecule has 0 fully saturated rings. The van der Waals surface area contributed by atoms with Gasteiger partial charge in [-0.15, -0.1) is 11.3 Å². The van der Waals surface area contributed by atoms with E-state index in [1.54, 1.807) is 23.5 Å². The molecule has 160 valence electrons. The molecule has 2 N–H and O–H groups in total. The lowest BCUT2D eigenvalue weighted by Crippen LogP contribution is -2.44. The highest BCUT2D eigenvalue weighted by Gasteiger charge is 2.26. The Balaban J connectivity index is 1.36. The zero-order valence-corrected chi connectivity index (χ0v) is 17.8. The van der Waals surface area contributed by atoms with Gasteiger partial charge >= 0.3 is 11.8 Å². The van der Waals surface area contributed by atoms with Gasteiger partial charge in [-0.2, -0.15) is 0 Å². The summed E-state index contributed by atoms with van der Waals surface area (Å²) in [4.78, 5) is 28.1. The SMILES string of the molecule is O=C(NCc1ccc(F)cc1)C(=O)NCC(c1cccs1)N1CCc2ccccc2C1. The van der Waals surface area contributed by atoms with Crippen molar-refractivity contribution >= 4 is 23.2 Å². The lowest BCUT2D eigenvalue weighted by atomic mass is 9.98. The lowest BCUT2D eigenvalue weighted by molar-refractivity contribution is -0.139. The van der Waals surface area contributed by atoms with E-state index in [4.69, 9.17) is 0 Å². The minimum Gasteiger partial charge on any atom is -0.346 e. The molecular weight excluding hydrogens is 413 g/mol. The van der Waals surface area contributed by atoms with E-state index in [1.807, 2.05) is 11.4 Å². The number of benzene rings is 2. The number of rotatable bonds is 6. The number of carbonyl (C=O) groups excluding carboxylic acids is 2. The van der Waals surface area contributed by atoms with Gasteiger partial charge in [0, 0.05) is 31.1 Å². The summed E-state index contributed by atoms with van der Waals surface area (Å²) in [5.41, 5.74) is 3.40. The number of nitrogens with one attached hydrogen (secondary N) is 2. The molecule has 31 heavy (non-hydrogen) atoms. The van der Waals surface area contributed by atoms with Crippen molar-refractivity contribution in [2.45, 2.75) is 25.6 Å². The molecule has 0 radical (unpaired) electrons. The molecule has 2 amide bonds. The fraction of sp³-hybridized carbons (Fsp3) is 0.250. The number of hydrogen-bond donors (Lipinski definition) is 2. The zero-order valence-electron chi connectivity index (χ0n) is 17.0. The minimum atomic E-state index is -0.696. The van der Waals surface area contributed by atoms with Crippen molar-refractivity contribution in [1.82, 2.24) is 15.5 Å². The van der Waals surface area contributed by atoms with E-state index in [0.29, 0.717) is 6.54 Å². The maximum absolute atomic E-state index is 13.0. The van der Waals surface area contributed by atoms with Crippen LogP contribution in [0.2, 0.25) is 0 Å². The van der Waals surface area contributed by atoms with Crippen LogP contribution >= 0.6 is 11.3 Å². The molecule has 0 saturated carbocycles. The molecular formula is C24H24FN3O2S. The van der Waals surface area contributed by atoms with Crippen LogP contribution in [0.15, 0.2) is 66.0 Å². The van der Waals surface area contributed by atoms with Crippen molar-refractivity contribution in [3.8, 4) is 0 Å². The molecule has 3 aromatic rings. The number of fused-ring (bicyclic) bond motifs is 1. The summed E-state index contributed by atoms with van der Waals surface area (Å²) in [6.45, 7) is 2.23. The molecule has 0 spiro atoms. The Morgan fingerprint density at radius 3 is 2.45 bits per heavy atom. The first kappa shape index (κ1) is 21.2. The average molecular weight is 438 g/mol.